The number of amides is 3. The number of nitrogens with one attached hydrogen (secondary N) is 3. The zero-order valence-electron chi connectivity index (χ0n) is 17.6. The van der Waals surface area contributed by atoms with Crippen molar-refractivity contribution in [1.29, 1.82) is 0 Å². The number of hydrazone groups is 1. The van der Waals surface area contributed by atoms with Gasteiger partial charge in [0.1, 0.15) is 4.21 Å². The molecule has 2 aromatic heterocycles. The van der Waals surface area contributed by atoms with Crippen LogP contribution in [0.5, 0.6) is 0 Å². The minimum Gasteiger partial charge on any atom is -0.388 e. The predicted octanol–water partition coefficient (Wildman–Crippen LogP) is 2.54. The van der Waals surface area contributed by atoms with Crippen LogP contribution in [0.4, 0.5) is 22.1 Å². The van der Waals surface area contributed by atoms with E-state index >= 15 is 0 Å². The van der Waals surface area contributed by atoms with Gasteiger partial charge >= 0.3 is 6.03 Å². The molecule has 3 amide bonds. The molecule has 0 radical (unpaired) electrons. The fourth-order valence-electron chi connectivity index (χ4n) is 3.00. The van der Waals surface area contributed by atoms with Crippen LogP contribution >= 0.6 is 11.3 Å². The van der Waals surface area contributed by atoms with Crippen LogP contribution < -0.4 is 20.4 Å². The summed E-state index contributed by atoms with van der Waals surface area (Å²) in [5.74, 6) is -0.0938. The Morgan fingerprint density at radius 2 is 1.94 bits per heavy atom. The number of benzene rings is 1. The summed E-state index contributed by atoms with van der Waals surface area (Å²) in [7, 11) is -2.19. The van der Waals surface area contributed by atoms with E-state index in [0.717, 1.165) is 32.5 Å². The van der Waals surface area contributed by atoms with E-state index in [-0.39, 0.29) is 28.2 Å². The van der Waals surface area contributed by atoms with Gasteiger partial charge in [0.05, 0.1) is 12.1 Å². The third-order valence-corrected chi connectivity index (χ3v) is 7.40. The summed E-state index contributed by atoms with van der Waals surface area (Å²) in [4.78, 5) is 25.3. The number of hydrogen-bond acceptors (Lipinski definition) is 9. The lowest BCUT2D eigenvalue weighted by Crippen LogP contribution is -2.34. The van der Waals surface area contributed by atoms with Crippen molar-refractivity contribution in [2.45, 2.75) is 17.6 Å². The van der Waals surface area contributed by atoms with Gasteiger partial charge in [-0.2, -0.15) is 10.1 Å². The van der Waals surface area contributed by atoms with Crippen molar-refractivity contribution < 1.29 is 18.0 Å². The number of carbonyl (C=O) groups excluding carboxylic acids is 2. The number of sulfonamides is 1. The Labute approximate surface area is 193 Å². The Morgan fingerprint density at radius 3 is 2.61 bits per heavy atom. The topological polar surface area (TPSA) is 146 Å². The summed E-state index contributed by atoms with van der Waals surface area (Å²) >= 11 is 1.05. The van der Waals surface area contributed by atoms with E-state index in [1.807, 2.05) is 29.0 Å². The molecular formula is C20H19N7O4S2. The number of thiophene rings is 1. The maximum atomic E-state index is 12.5. The lowest BCUT2D eigenvalue weighted by atomic mass is 10.1. The average Bonchev–Trinajstić information content (AvgIpc) is 3.40. The second-order valence-electron chi connectivity index (χ2n) is 6.96. The summed E-state index contributed by atoms with van der Waals surface area (Å²) < 4.78 is 26.4. The summed E-state index contributed by atoms with van der Waals surface area (Å²) in [5.41, 5.74) is 2.29. The molecule has 4 rings (SSSR count). The van der Waals surface area contributed by atoms with Gasteiger partial charge in [-0.3, -0.25) is 10.1 Å². The van der Waals surface area contributed by atoms with Crippen molar-refractivity contribution in [1.82, 2.24) is 14.9 Å². The molecule has 3 N–H and O–H groups in total. The molecule has 1 aromatic carbocycles. The van der Waals surface area contributed by atoms with Gasteiger partial charge in [0.25, 0.3) is 15.9 Å². The van der Waals surface area contributed by atoms with Crippen molar-refractivity contribution in [3.05, 3.63) is 59.0 Å². The largest absolute Gasteiger partial charge is 0.388 e. The molecule has 0 saturated heterocycles. The lowest BCUT2D eigenvalue weighted by Gasteiger charge is -2.10. The molecule has 33 heavy (non-hydrogen) atoms. The Kier molecular flexibility index (Phi) is 6.07. The van der Waals surface area contributed by atoms with Gasteiger partial charge in [-0.15, -0.1) is 21.5 Å². The zero-order valence-corrected chi connectivity index (χ0v) is 19.2. The molecule has 0 fully saturated rings. The van der Waals surface area contributed by atoms with Crippen molar-refractivity contribution in [2.24, 2.45) is 5.10 Å². The van der Waals surface area contributed by atoms with Crippen LogP contribution in [0.15, 0.2) is 57.8 Å². The molecule has 3 aromatic rings. The summed E-state index contributed by atoms with van der Waals surface area (Å²) in [5, 5.41) is 18.6. The van der Waals surface area contributed by atoms with Gasteiger partial charge in [-0.05, 0) is 43.3 Å². The first-order chi connectivity index (χ1) is 15.7. The van der Waals surface area contributed by atoms with Crippen molar-refractivity contribution in [3.8, 4) is 0 Å². The highest BCUT2D eigenvalue weighted by Gasteiger charge is 2.27. The first kappa shape index (κ1) is 22.4. The maximum absolute atomic E-state index is 12.5. The second-order valence-corrected chi connectivity index (χ2v) is 10.2. The SMILES string of the molecule is CNc1cccc(C2=NN(c3ccc(NC(=O)NS(=O)(=O)c4ccc(C)s4)nn3)C(=O)C2)c1. The normalized spacial score (nSPS) is 13.6. The monoisotopic (exact) mass is 485 g/mol. The van der Waals surface area contributed by atoms with Crippen LogP contribution in [0.25, 0.3) is 0 Å². The molecule has 170 valence electrons. The Balaban J connectivity index is 1.44. The highest BCUT2D eigenvalue weighted by molar-refractivity contribution is 7.92. The molecule has 0 bridgehead atoms. The zero-order chi connectivity index (χ0) is 23.6. The van der Waals surface area contributed by atoms with Crippen molar-refractivity contribution >= 4 is 56.3 Å². The number of anilines is 3. The Bertz CT molecular complexity index is 1350. The van der Waals surface area contributed by atoms with Gasteiger partial charge in [-0.1, -0.05) is 12.1 Å². The fraction of sp³-hybridized carbons (Fsp3) is 0.150. The molecule has 11 nitrogen and oxygen atoms in total. The van der Waals surface area contributed by atoms with Gasteiger partial charge < -0.3 is 5.32 Å². The quantitative estimate of drug-likeness (QED) is 0.486. The van der Waals surface area contributed by atoms with Gasteiger partial charge in [0, 0.05) is 23.2 Å². The first-order valence-electron chi connectivity index (χ1n) is 9.68. The molecule has 0 atom stereocenters. The van der Waals surface area contributed by atoms with Crippen LogP contribution in [-0.4, -0.2) is 43.3 Å². The highest BCUT2D eigenvalue weighted by atomic mass is 32.2. The third kappa shape index (κ3) is 4.99. The molecule has 3 heterocycles. The summed E-state index contributed by atoms with van der Waals surface area (Å²) in [6.07, 6.45) is 0.108. The number of hydrogen-bond donors (Lipinski definition) is 3. The third-order valence-electron chi connectivity index (χ3n) is 4.58. The molecule has 0 unspecified atom stereocenters. The standard InChI is InChI=1S/C20H19N7O4S2/c1-12-6-9-19(32-12)33(30,31)26-20(29)22-16-7-8-17(24-23-16)27-18(28)11-15(25-27)13-4-3-5-14(10-13)21-2/h3-10,21H,11H2,1-2H3,(H2,22,23,26,29). The molecule has 0 saturated carbocycles. The van der Waals surface area contributed by atoms with Crippen LogP contribution in [-0.2, 0) is 14.8 Å². The van der Waals surface area contributed by atoms with E-state index in [4.69, 9.17) is 0 Å². The van der Waals surface area contributed by atoms with E-state index in [1.165, 1.54) is 18.2 Å². The number of aromatic nitrogens is 2. The fourth-order valence-corrected chi connectivity index (χ4v) is 5.19. The molecule has 1 aliphatic heterocycles. The first-order valence-corrected chi connectivity index (χ1v) is 12.0. The van der Waals surface area contributed by atoms with E-state index in [2.05, 4.69) is 25.9 Å². The highest BCUT2D eigenvalue weighted by Crippen LogP contribution is 2.23. The van der Waals surface area contributed by atoms with E-state index in [0.29, 0.717) is 5.71 Å². The van der Waals surface area contributed by atoms with E-state index in [9.17, 15) is 18.0 Å². The van der Waals surface area contributed by atoms with Crippen molar-refractivity contribution in [2.75, 3.05) is 22.7 Å². The Morgan fingerprint density at radius 1 is 1.12 bits per heavy atom. The molecule has 0 aliphatic carbocycles. The predicted molar refractivity (Wildman–Crippen MR) is 125 cm³/mol. The van der Waals surface area contributed by atoms with E-state index < -0.39 is 16.1 Å². The molecule has 1 aliphatic rings. The number of nitrogens with zero attached hydrogens (tertiary/aromatic N) is 4. The lowest BCUT2D eigenvalue weighted by molar-refractivity contribution is -0.116. The number of aryl methyl sites for hydroxylation is 1. The summed E-state index contributed by atoms with van der Waals surface area (Å²) in [6.45, 7) is 1.76. The second kappa shape index (κ2) is 8.96. The Hall–Kier alpha value is -3.84. The van der Waals surface area contributed by atoms with Crippen LogP contribution in [0, 0.1) is 6.92 Å². The number of urea groups is 1. The van der Waals surface area contributed by atoms with Crippen LogP contribution in [0.3, 0.4) is 0 Å². The molecular weight excluding hydrogens is 466 g/mol. The van der Waals surface area contributed by atoms with Crippen LogP contribution in [0.1, 0.15) is 16.9 Å². The average molecular weight is 486 g/mol. The minimum absolute atomic E-state index is 0.00591. The van der Waals surface area contributed by atoms with Gasteiger partial charge in [0.15, 0.2) is 11.6 Å². The summed E-state index contributed by atoms with van der Waals surface area (Å²) in [6, 6.07) is 12.4. The van der Waals surface area contributed by atoms with Gasteiger partial charge in [0.2, 0.25) is 0 Å². The van der Waals surface area contributed by atoms with E-state index in [1.54, 1.807) is 20.0 Å². The number of carbonyl (C=O) groups is 2. The van der Waals surface area contributed by atoms with Crippen molar-refractivity contribution in [3.63, 3.8) is 0 Å². The number of rotatable bonds is 6. The van der Waals surface area contributed by atoms with Crippen LogP contribution in [0.2, 0.25) is 0 Å². The minimum atomic E-state index is -3.99. The van der Waals surface area contributed by atoms with Gasteiger partial charge in [-0.25, -0.2) is 17.9 Å². The smallest absolute Gasteiger partial charge is 0.334 e. The molecule has 13 heteroatoms. The maximum Gasteiger partial charge on any atom is 0.334 e. The molecule has 0 spiro atoms.